The zero-order chi connectivity index (χ0) is 17.9. The first-order valence-electron chi connectivity index (χ1n) is 7.52. The number of halogens is 1. The second kappa shape index (κ2) is 7.27. The van der Waals surface area contributed by atoms with Crippen molar-refractivity contribution in [2.24, 2.45) is 0 Å². The summed E-state index contributed by atoms with van der Waals surface area (Å²) in [5.74, 6) is -2.43. The van der Waals surface area contributed by atoms with Crippen LogP contribution >= 0.6 is 0 Å². The van der Waals surface area contributed by atoms with Crippen molar-refractivity contribution in [3.05, 3.63) is 30.1 Å². The fourth-order valence-corrected chi connectivity index (χ4v) is 3.48. The Morgan fingerprint density at radius 1 is 1.38 bits per heavy atom. The number of rotatable bonds is 8. The first-order chi connectivity index (χ1) is 11.2. The Morgan fingerprint density at radius 2 is 2.00 bits per heavy atom. The van der Waals surface area contributed by atoms with Crippen molar-refractivity contribution in [1.82, 2.24) is 9.62 Å². The number of carboxylic acids is 1. The van der Waals surface area contributed by atoms with Crippen molar-refractivity contribution in [3.8, 4) is 0 Å². The molecule has 0 aliphatic heterocycles. The summed E-state index contributed by atoms with van der Waals surface area (Å²) in [6, 6.07) is 3.86. The van der Waals surface area contributed by atoms with Crippen molar-refractivity contribution in [1.29, 1.82) is 0 Å². The van der Waals surface area contributed by atoms with Crippen LogP contribution in [0.5, 0.6) is 0 Å². The molecule has 1 aliphatic carbocycles. The van der Waals surface area contributed by atoms with E-state index in [1.807, 2.05) is 0 Å². The van der Waals surface area contributed by atoms with E-state index >= 15 is 0 Å². The number of nitrogens with zero attached hydrogens (tertiary/aromatic N) is 1. The molecule has 1 aromatic carbocycles. The van der Waals surface area contributed by atoms with E-state index in [9.17, 15) is 22.4 Å². The summed E-state index contributed by atoms with van der Waals surface area (Å²) in [6.45, 7) is 1.19. The van der Waals surface area contributed by atoms with Gasteiger partial charge >= 0.3 is 5.97 Å². The van der Waals surface area contributed by atoms with Gasteiger partial charge in [0.25, 0.3) is 0 Å². The average Bonchev–Trinajstić information content (AvgIpc) is 3.32. The zero-order valence-electron chi connectivity index (χ0n) is 13.1. The van der Waals surface area contributed by atoms with Crippen LogP contribution in [0.1, 0.15) is 26.2 Å². The molecule has 1 fully saturated rings. The molecule has 1 aromatic rings. The summed E-state index contributed by atoms with van der Waals surface area (Å²) in [6.07, 6.45) is 1.29. The van der Waals surface area contributed by atoms with Crippen molar-refractivity contribution >= 4 is 21.9 Å². The Kier molecular flexibility index (Phi) is 5.55. The number of amides is 1. The highest BCUT2D eigenvalue weighted by molar-refractivity contribution is 7.89. The lowest BCUT2D eigenvalue weighted by molar-refractivity contribution is -0.150. The highest BCUT2D eigenvalue weighted by atomic mass is 32.2. The lowest BCUT2D eigenvalue weighted by Gasteiger charge is -2.26. The van der Waals surface area contributed by atoms with Crippen molar-refractivity contribution in [2.45, 2.75) is 43.2 Å². The molecule has 0 aromatic heterocycles. The summed E-state index contributed by atoms with van der Waals surface area (Å²) in [5, 5.41) is 9.06. The van der Waals surface area contributed by atoms with Gasteiger partial charge in [-0.25, -0.2) is 22.3 Å². The third kappa shape index (κ3) is 4.30. The standard InChI is InChI=1S/C15H19FN2O5S/c1-10(15(20)21)18(11-6-7-11)14(19)8-9-17-24(22,23)13-5-3-2-4-12(13)16/h2-5,10-11,17H,6-9H2,1H3,(H,20,21). The maximum atomic E-state index is 13.5. The third-order valence-corrected chi connectivity index (χ3v) is 5.25. The summed E-state index contributed by atoms with van der Waals surface area (Å²) >= 11 is 0. The number of carbonyl (C=O) groups is 2. The minimum atomic E-state index is -4.07. The molecular weight excluding hydrogens is 339 g/mol. The molecule has 0 bridgehead atoms. The van der Waals surface area contributed by atoms with Crippen LogP contribution in [-0.2, 0) is 19.6 Å². The molecule has 7 nitrogen and oxygen atoms in total. The summed E-state index contributed by atoms with van der Waals surface area (Å²) in [7, 11) is -4.07. The summed E-state index contributed by atoms with van der Waals surface area (Å²) in [5.41, 5.74) is 0. The fourth-order valence-electron chi connectivity index (χ4n) is 2.37. The van der Waals surface area contributed by atoms with E-state index in [0.29, 0.717) is 0 Å². The Bertz CT molecular complexity index is 733. The number of nitrogens with one attached hydrogen (secondary N) is 1. The molecule has 1 unspecified atom stereocenters. The molecule has 0 spiro atoms. The summed E-state index contributed by atoms with van der Waals surface area (Å²) in [4.78, 5) is 24.1. The van der Waals surface area contributed by atoms with Gasteiger partial charge in [0.05, 0.1) is 0 Å². The quantitative estimate of drug-likeness (QED) is 0.720. The second-order valence-corrected chi connectivity index (χ2v) is 7.36. The number of hydrogen-bond donors (Lipinski definition) is 2. The van der Waals surface area contributed by atoms with Gasteiger partial charge in [0.15, 0.2) is 0 Å². The monoisotopic (exact) mass is 358 g/mol. The Morgan fingerprint density at radius 3 is 2.54 bits per heavy atom. The maximum Gasteiger partial charge on any atom is 0.326 e. The molecule has 0 radical (unpaired) electrons. The molecule has 132 valence electrons. The van der Waals surface area contributed by atoms with E-state index in [0.717, 1.165) is 25.0 Å². The van der Waals surface area contributed by atoms with Gasteiger partial charge in [-0.05, 0) is 31.9 Å². The molecule has 1 saturated carbocycles. The lowest BCUT2D eigenvalue weighted by Crippen LogP contribution is -2.45. The van der Waals surface area contributed by atoms with E-state index in [1.54, 1.807) is 0 Å². The van der Waals surface area contributed by atoms with Gasteiger partial charge in [-0.2, -0.15) is 0 Å². The largest absolute Gasteiger partial charge is 0.480 e. The Hall–Kier alpha value is -2.00. The molecule has 1 aliphatic rings. The fraction of sp³-hybridized carbons (Fsp3) is 0.467. The highest BCUT2D eigenvalue weighted by Gasteiger charge is 2.38. The van der Waals surface area contributed by atoms with Gasteiger partial charge in [0.2, 0.25) is 15.9 Å². The van der Waals surface area contributed by atoms with Crippen LogP contribution in [-0.4, -0.2) is 48.9 Å². The molecule has 1 amide bonds. The normalized spacial score (nSPS) is 15.8. The minimum absolute atomic E-state index is 0.105. The van der Waals surface area contributed by atoms with E-state index in [2.05, 4.69) is 4.72 Å². The number of carbonyl (C=O) groups excluding carboxylic acids is 1. The minimum Gasteiger partial charge on any atom is -0.480 e. The molecule has 2 rings (SSSR count). The molecular formula is C15H19FN2O5S. The van der Waals surface area contributed by atoms with Gasteiger partial charge in [-0.15, -0.1) is 0 Å². The smallest absolute Gasteiger partial charge is 0.326 e. The number of carboxylic acid groups (broad SMARTS) is 1. The topological polar surface area (TPSA) is 104 Å². The molecule has 0 heterocycles. The molecule has 0 saturated heterocycles. The van der Waals surface area contributed by atoms with Crippen LogP contribution in [0.15, 0.2) is 29.2 Å². The predicted octanol–water partition coefficient (Wildman–Crippen LogP) is 0.958. The number of aliphatic carboxylic acids is 1. The average molecular weight is 358 g/mol. The van der Waals surface area contributed by atoms with Gasteiger partial charge in [-0.3, -0.25) is 4.79 Å². The lowest BCUT2D eigenvalue weighted by atomic mass is 10.2. The number of sulfonamides is 1. The molecule has 9 heteroatoms. The van der Waals surface area contributed by atoms with E-state index in [4.69, 9.17) is 5.11 Å². The molecule has 2 N–H and O–H groups in total. The Balaban J connectivity index is 1.96. The van der Waals surface area contributed by atoms with Crippen LogP contribution in [0.2, 0.25) is 0 Å². The van der Waals surface area contributed by atoms with Crippen molar-refractivity contribution < 1.29 is 27.5 Å². The van der Waals surface area contributed by atoms with E-state index in [1.165, 1.54) is 24.0 Å². The zero-order valence-corrected chi connectivity index (χ0v) is 13.9. The maximum absolute atomic E-state index is 13.5. The predicted molar refractivity (Wildman–Crippen MR) is 83.2 cm³/mol. The number of hydrogen-bond acceptors (Lipinski definition) is 4. The van der Waals surface area contributed by atoms with Crippen LogP contribution in [0.3, 0.4) is 0 Å². The van der Waals surface area contributed by atoms with Crippen LogP contribution in [0.25, 0.3) is 0 Å². The Labute approximate surface area is 139 Å². The highest BCUT2D eigenvalue weighted by Crippen LogP contribution is 2.29. The molecule has 1 atom stereocenters. The van der Waals surface area contributed by atoms with E-state index < -0.39 is 38.7 Å². The van der Waals surface area contributed by atoms with Crippen LogP contribution in [0.4, 0.5) is 4.39 Å². The van der Waals surface area contributed by atoms with Crippen LogP contribution < -0.4 is 4.72 Å². The number of benzene rings is 1. The van der Waals surface area contributed by atoms with E-state index in [-0.39, 0.29) is 19.0 Å². The second-order valence-electron chi connectivity index (χ2n) is 5.62. The SMILES string of the molecule is CC(C(=O)O)N(C(=O)CCNS(=O)(=O)c1ccccc1F)C1CC1. The van der Waals surface area contributed by atoms with Crippen LogP contribution in [0, 0.1) is 5.82 Å². The first-order valence-corrected chi connectivity index (χ1v) is 9.00. The van der Waals surface area contributed by atoms with Gasteiger partial charge in [0, 0.05) is 19.0 Å². The van der Waals surface area contributed by atoms with Crippen molar-refractivity contribution in [3.63, 3.8) is 0 Å². The van der Waals surface area contributed by atoms with Gasteiger partial charge in [0.1, 0.15) is 16.8 Å². The first kappa shape index (κ1) is 18.3. The van der Waals surface area contributed by atoms with Crippen molar-refractivity contribution in [2.75, 3.05) is 6.54 Å². The van der Waals surface area contributed by atoms with Gasteiger partial charge < -0.3 is 10.0 Å². The summed E-state index contributed by atoms with van der Waals surface area (Å²) < 4.78 is 39.8. The third-order valence-electron chi connectivity index (χ3n) is 3.76. The van der Waals surface area contributed by atoms with Gasteiger partial charge in [-0.1, -0.05) is 12.1 Å². The molecule has 24 heavy (non-hydrogen) atoms.